The van der Waals surface area contributed by atoms with Crippen molar-refractivity contribution in [3.8, 4) is 11.1 Å². The SMILES string of the molecule is CC(=O)O/N=C(/C)CC/C(=N/OC(C)=O)c1ccc(-c2ccccc2)cc1. The van der Waals surface area contributed by atoms with Crippen molar-refractivity contribution < 1.29 is 19.3 Å². The summed E-state index contributed by atoms with van der Waals surface area (Å²) in [6.07, 6.45) is 0.988. The Morgan fingerprint density at radius 1 is 0.741 bits per heavy atom. The zero-order chi connectivity index (χ0) is 19.6. The molecule has 2 rings (SSSR count). The maximum Gasteiger partial charge on any atom is 0.331 e. The van der Waals surface area contributed by atoms with Crippen molar-refractivity contribution in [3.63, 3.8) is 0 Å². The topological polar surface area (TPSA) is 77.3 Å². The van der Waals surface area contributed by atoms with Gasteiger partial charge in [0.15, 0.2) is 0 Å². The van der Waals surface area contributed by atoms with E-state index in [1.54, 1.807) is 6.92 Å². The van der Waals surface area contributed by atoms with Crippen LogP contribution < -0.4 is 0 Å². The van der Waals surface area contributed by atoms with Crippen LogP contribution in [0.25, 0.3) is 11.1 Å². The molecule has 0 aliphatic rings. The van der Waals surface area contributed by atoms with Crippen LogP contribution in [-0.4, -0.2) is 23.4 Å². The van der Waals surface area contributed by atoms with Crippen LogP contribution in [0.3, 0.4) is 0 Å². The predicted molar refractivity (Wildman–Crippen MR) is 104 cm³/mol. The summed E-state index contributed by atoms with van der Waals surface area (Å²) in [5.41, 5.74) is 4.30. The molecule has 2 aromatic carbocycles. The Kier molecular flexibility index (Phi) is 7.43. The Balaban J connectivity index is 2.16. The summed E-state index contributed by atoms with van der Waals surface area (Å²) in [5.74, 6) is -0.960. The largest absolute Gasteiger partial charge is 0.331 e. The van der Waals surface area contributed by atoms with Gasteiger partial charge < -0.3 is 9.68 Å². The quantitative estimate of drug-likeness (QED) is 0.415. The third kappa shape index (κ3) is 6.86. The van der Waals surface area contributed by atoms with Gasteiger partial charge in [-0.25, -0.2) is 9.59 Å². The Morgan fingerprint density at radius 3 is 1.89 bits per heavy atom. The normalized spacial score (nSPS) is 11.8. The van der Waals surface area contributed by atoms with Gasteiger partial charge in [0, 0.05) is 13.8 Å². The minimum atomic E-state index is -0.487. The highest BCUT2D eigenvalue weighted by atomic mass is 16.7. The van der Waals surface area contributed by atoms with E-state index in [-0.39, 0.29) is 0 Å². The number of benzene rings is 2. The zero-order valence-electron chi connectivity index (χ0n) is 15.6. The molecular formula is C21H22N2O4. The summed E-state index contributed by atoms with van der Waals surface area (Å²) < 4.78 is 0. The van der Waals surface area contributed by atoms with Gasteiger partial charge in [-0.2, -0.15) is 0 Å². The second-order valence-electron chi connectivity index (χ2n) is 5.97. The van der Waals surface area contributed by atoms with Crippen LogP contribution in [0.2, 0.25) is 0 Å². The van der Waals surface area contributed by atoms with Crippen molar-refractivity contribution in [1.82, 2.24) is 0 Å². The van der Waals surface area contributed by atoms with Crippen LogP contribution in [0.15, 0.2) is 64.9 Å². The molecule has 140 valence electrons. The Labute approximate surface area is 158 Å². The van der Waals surface area contributed by atoms with E-state index >= 15 is 0 Å². The summed E-state index contributed by atoms with van der Waals surface area (Å²) in [6.45, 7) is 4.34. The molecule has 2 aromatic rings. The highest BCUT2D eigenvalue weighted by Crippen LogP contribution is 2.20. The van der Waals surface area contributed by atoms with E-state index in [0.717, 1.165) is 16.7 Å². The average Bonchev–Trinajstić information content (AvgIpc) is 2.67. The lowest BCUT2D eigenvalue weighted by molar-refractivity contribution is -0.141. The van der Waals surface area contributed by atoms with E-state index in [2.05, 4.69) is 15.1 Å². The number of rotatable bonds is 7. The number of nitrogens with zero attached hydrogens (tertiary/aromatic N) is 2. The number of carbonyl (C=O) groups excluding carboxylic acids is 2. The predicted octanol–water partition coefficient (Wildman–Crippen LogP) is 4.34. The lowest BCUT2D eigenvalue weighted by Gasteiger charge is -2.08. The van der Waals surface area contributed by atoms with E-state index in [0.29, 0.717) is 24.3 Å². The minimum absolute atomic E-state index is 0.473. The van der Waals surface area contributed by atoms with Gasteiger partial charge >= 0.3 is 11.9 Å². The Bertz CT molecular complexity index is 840. The first-order chi connectivity index (χ1) is 13.0. The van der Waals surface area contributed by atoms with Gasteiger partial charge in [0.05, 0.1) is 11.4 Å². The summed E-state index contributed by atoms with van der Waals surface area (Å²) in [4.78, 5) is 31.4. The van der Waals surface area contributed by atoms with E-state index < -0.39 is 11.9 Å². The molecular weight excluding hydrogens is 344 g/mol. The van der Waals surface area contributed by atoms with Gasteiger partial charge in [-0.3, -0.25) is 0 Å². The molecule has 0 unspecified atom stereocenters. The molecule has 0 heterocycles. The second kappa shape index (κ2) is 10.0. The zero-order valence-corrected chi connectivity index (χ0v) is 15.6. The van der Waals surface area contributed by atoms with Gasteiger partial charge in [-0.1, -0.05) is 64.9 Å². The molecule has 6 nitrogen and oxygen atoms in total. The third-order valence-electron chi connectivity index (χ3n) is 3.66. The van der Waals surface area contributed by atoms with Crippen LogP contribution >= 0.6 is 0 Å². The van der Waals surface area contributed by atoms with E-state index in [1.807, 2.05) is 54.6 Å². The first kappa shape index (κ1) is 20.0. The molecule has 0 amide bonds. The maximum absolute atomic E-state index is 11.1. The first-order valence-electron chi connectivity index (χ1n) is 8.57. The van der Waals surface area contributed by atoms with Crippen LogP contribution in [0, 0.1) is 0 Å². The van der Waals surface area contributed by atoms with Crippen molar-refractivity contribution in [1.29, 1.82) is 0 Å². The fraction of sp³-hybridized carbons (Fsp3) is 0.238. The molecule has 0 aromatic heterocycles. The van der Waals surface area contributed by atoms with E-state index in [9.17, 15) is 9.59 Å². The third-order valence-corrected chi connectivity index (χ3v) is 3.66. The number of hydrogen-bond acceptors (Lipinski definition) is 6. The standard InChI is InChI=1S/C21H22N2O4/c1-15(22-26-16(2)24)9-14-21(23-27-17(3)25)20-12-10-19(11-13-20)18-7-5-4-6-8-18/h4-8,10-13H,9,14H2,1-3H3/b22-15-,23-21-. The van der Waals surface area contributed by atoms with Crippen molar-refractivity contribution >= 4 is 23.4 Å². The van der Waals surface area contributed by atoms with Crippen molar-refractivity contribution in [2.24, 2.45) is 10.3 Å². The van der Waals surface area contributed by atoms with Crippen molar-refractivity contribution in [2.75, 3.05) is 0 Å². The molecule has 0 aliphatic carbocycles. The molecule has 0 N–H and O–H groups in total. The number of oxime groups is 2. The maximum atomic E-state index is 11.1. The second-order valence-corrected chi connectivity index (χ2v) is 5.97. The summed E-state index contributed by atoms with van der Waals surface area (Å²) in [6, 6.07) is 17.9. The first-order valence-corrected chi connectivity index (χ1v) is 8.57. The molecule has 6 heteroatoms. The van der Waals surface area contributed by atoms with Crippen LogP contribution in [0.1, 0.15) is 39.2 Å². The molecule has 0 saturated heterocycles. The fourth-order valence-electron chi connectivity index (χ4n) is 2.33. The molecule has 0 atom stereocenters. The van der Waals surface area contributed by atoms with Crippen LogP contribution in [0.4, 0.5) is 0 Å². The molecule has 0 aliphatic heterocycles. The monoisotopic (exact) mass is 366 g/mol. The van der Waals surface area contributed by atoms with Crippen molar-refractivity contribution in [3.05, 3.63) is 60.2 Å². The summed E-state index contributed by atoms with van der Waals surface area (Å²) in [5, 5.41) is 7.71. The minimum Gasteiger partial charge on any atom is -0.319 e. The van der Waals surface area contributed by atoms with E-state index in [1.165, 1.54) is 13.8 Å². The highest BCUT2D eigenvalue weighted by Gasteiger charge is 2.08. The van der Waals surface area contributed by atoms with Gasteiger partial charge in [-0.05, 0) is 36.5 Å². The molecule has 0 fully saturated rings. The lowest BCUT2D eigenvalue weighted by Crippen LogP contribution is -2.07. The van der Waals surface area contributed by atoms with Gasteiger partial charge in [0.1, 0.15) is 0 Å². The highest BCUT2D eigenvalue weighted by molar-refractivity contribution is 6.02. The summed E-state index contributed by atoms with van der Waals surface area (Å²) >= 11 is 0. The van der Waals surface area contributed by atoms with Crippen LogP contribution in [0.5, 0.6) is 0 Å². The van der Waals surface area contributed by atoms with Gasteiger partial charge in [0.2, 0.25) is 0 Å². The Hall–Kier alpha value is -3.28. The van der Waals surface area contributed by atoms with Crippen LogP contribution in [-0.2, 0) is 19.3 Å². The fourth-order valence-corrected chi connectivity index (χ4v) is 2.33. The number of carbonyl (C=O) groups is 2. The number of hydrogen-bond donors (Lipinski definition) is 0. The average molecular weight is 366 g/mol. The lowest BCUT2D eigenvalue weighted by atomic mass is 10.00. The smallest absolute Gasteiger partial charge is 0.319 e. The van der Waals surface area contributed by atoms with Gasteiger partial charge in [-0.15, -0.1) is 0 Å². The van der Waals surface area contributed by atoms with Crippen molar-refractivity contribution in [2.45, 2.75) is 33.6 Å². The molecule has 27 heavy (non-hydrogen) atoms. The van der Waals surface area contributed by atoms with E-state index in [4.69, 9.17) is 4.84 Å². The molecule has 0 bridgehead atoms. The van der Waals surface area contributed by atoms with Gasteiger partial charge in [0.25, 0.3) is 0 Å². The molecule has 0 spiro atoms. The molecule has 0 saturated carbocycles. The summed E-state index contributed by atoms with van der Waals surface area (Å²) in [7, 11) is 0. The Morgan fingerprint density at radius 2 is 1.30 bits per heavy atom. The molecule has 0 radical (unpaired) electrons.